The van der Waals surface area contributed by atoms with E-state index in [1.54, 1.807) is 29.2 Å². The molecular formula is C26H26ClN3O3. The summed E-state index contributed by atoms with van der Waals surface area (Å²) in [6.07, 6.45) is 0.725. The van der Waals surface area contributed by atoms with Crippen LogP contribution >= 0.6 is 11.6 Å². The lowest BCUT2D eigenvalue weighted by atomic mass is 10.1. The van der Waals surface area contributed by atoms with Gasteiger partial charge in [-0.2, -0.15) is 0 Å². The van der Waals surface area contributed by atoms with Gasteiger partial charge >= 0.3 is 6.03 Å². The summed E-state index contributed by atoms with van der Waals surface area (Å²) in [7, 11) is 0. The first-order valence-electron chi connectivity index (χ1n) is 11.0. The number of nitrogens with one attached hydrogen (secondary N) is 1. The molecule has 0 aliphatic carbocycles. The van der Waals surface area contributed by atoms with Crippen molar-refractivity contribution in [1.29, 1.82) is 0 Å². The second-order valence-electron chi connectivity index (χ2n) is 7.87. The predicted octanol–water partition coefficient (Wildman–Crippen LogP) is 5.30. The monoisotopic (exact) mass is 463 g/mol. The Morgan fingerprint density at radius 2 is 1.48 bits per heavy atom. The van der Waals surface area contributed by atoms with Crippen LogP contribution in [0.4, 0.5) is 10.5 Å². The van der Waals surface area contributed by atoms with Crippen LogP contribution in [0.25, 0.3) is 0 Å². The average Bonchev–Trinajstić information content (AvgIpc) is 3.11. The summed E-state index contributed by atoms with van der Waals surface area (Å²) in [5.41, 5.74) is 2.33. The molecule has 4 rings (SSSR count). The highest BCUT2D eigenvalue weighted by Gasteiger charge is 2.23. The number of nitrogens with zero attached hydrogens (tertiary/aromatic N) is 2. The van der Waals surface area contributed by atoms with Crippen LogP contribution in [0.3, 0.4) is 0 Å². The van der Waals surface area contributed by atoms with Gasteiger partial charge in [0.1, 0.15) is 12.4 Å². The van der Waals surface area contributed by atoms with Crippen molar-refractivity contribution in [1.82, 2.24) is 9.80 Å². The van der Waals surface area contributed by atoms with Gasteiger partial charge in [0.15, 0.2) is 0 Å². The van der Waals surface area contributed by atoms with E-state index < -0.39 is 0 Å². The van der Waals surface area contributed by atoms with Crippen LogP contribution in [0, 0.1) is 0 Å². The van der Waals surface area contributed by atoms with Gasteiger partial charge in [-0.1, -0.05) is 41.9 Å². The van der Waals surface area contributed by atoms with Crippen LogP contribution in [0.5, 0.6) is 5.75 Å². The quantitative estimate of drug-likeness (QED) is 0.558. The SMILES string of the molecule is O=C(Nc1ccc(Cl)cc1)N1CCCN(C(=O)c2ccc(COc3ccccc3)cc2)CC1. The number of rotatable bonds is 5. The normalized spacial score (nSPS) is 13.8. The average molecular weight is 464 g/mol. The van der Waals surface area contributed by atoms with E-state index in [-0.39, 0.29) is 11.9 Å². The van der Waals surface area contributed by atoms with Crippen LogP contribution < -0.4 is 10.1 Å². The minimum absolute atomic E-state index is 0.0227. The van der Waals surface area contributed by atoms with E-state index >= 15 is 0 Å². The summed E-state index contributed by atoms with van der Waals surface area (Å²) < 4.78 is 5.76. The number of para-hydroxylation sites is 1. The van der Waals surface area contributed by atoms with Crippen LogP contribution in [-0.2, 0) is 6.61 Å². The number of amides is 3. The first-order valence-corrected chi connectivity index (χ1v) is 11.3. The van der Waals surface area contributed by atoms with Gasteiger partial charge in [-0.15, -0.1) is 0 Å². The zero-order valence-electron chi connectivity index (χ0n) is 18.2. The maximum absolute atomic E-state index is 13.0. The Morgan fingerprint density at radius 1 is 0.818 bits per heavy atom. The molecule has 1 heterocycles. The molecule has 0 bridgehead atoms. The first kappa shape index (κ1) is 22.7. The second-order valence-corrected chi connectivity index (χ2v) is 8.30. The highest BCUT2D eigenvalue weighted by atomic mass is 35.5. The Labute approximate surface area is 198 Å². The van der Waals surface area contributed by atoms with Crippen molar-refractivity contribution < 1.29 is 14.3 Å². The van der Waals surface area contributed by atoms with Crippen molar-refractivity contribution in [2.24, 2.45) is 0 Å². The topological polar surface area (TPSA) is 61.9 Å². The van der Waals surface area contributed by atoms with Gasteiger partial charge in [-0.3, -0.25) is 4.79 Å². The smallest absolute Gasteiger partial charge is 0.321 e. The molecule has 1 aliphatic rings. The van der Waals surface area contributed by atoms with Crippen molar-refractivity contribution in [3.05, 3.63) is 95.0 Å². The van der Waals surface area contributed by atoms with Gasteiger partial charge in [0.25, 0.3) is 5.91 Å². The van der Waals surface area contributed by atoms with E-state index in [9.17, 15) is 9.59 Å². The lowest BCUT2D eigenvalue weighted by molar-refractivity contribution is 0.0762. The van der Waals surface area contributed by atoms with Crippen molar-refractivity contribution in [3.63, 3.8) is 0 Å². The maximum Gasteiger partial charge on any atom is 0.321 e. The largest absolute Gasteiger partial charge is 0.489 e. The molecule has 0 spiro atoms. The number of benzene rings is 3. The van der Waals surface area contributed by atoms with Gasteiger partial charge in [0.05, 0.1) is 0 Å². The van der Waals surface area contributed by atoms with E-state index in [0.717, 1.165) is 17.7 Å². The molecule has 7 heteroatoms. The van der Waals surface area contributed by atoms with E-state index in [1.165, 1.54) is 0 Å². The zero-order valence-corrected chi connectivity index (χ0v) is 19.0. The van der Waals surface area contributed by atoms with Gasteiger partial charge in [0, 0.05) is 42.5 Å². The Balaban J connectivity index is 1.29. The molecule has 33 heavy (non-hydrogen) atoms. The molecular weight excluding hydrogens is 438 g/mol. The molecule has 3 aromatic carbocycles. The third-order valence-electron chi connectivity index (χ3n) is 5.52. The summed E-state index contributed by atoms with van der Waals surface area (Å²) >= 11 is 5.90. The molecule has 0 aromatic heterocycles. The summed E-state index contributed by atoms with van der Waals surface area (Å²) in [6, 6.07) is 24.0. The van der Waals surface area contributed by atoms with Gasteiger partial charge in [0.2, 0.25) is 0 Å². The summed E-state index contributed by atoms with van der Waals surface area (Å²) in [4.78, 5) is 29.2. The van der Waals surface area contributed by atoms with Crippen LogP contribution in [0.2, 0.25) is 5.02 Å². The van der Waals surface area contributed by atoms with E-state index in [2.05, 4.69) is 5.32 Å². The first-order chi connectivity index (χ1) is 16.1. The molecule has 1 N–H and O–H groups in total. The number of urea groups is 1. The molecule has 3 aromatic rings. The molecule has 6 nitrogen and oxygen atoms in total. The van der Waals surface area contributed by atoms with E-state index in [4.69, 9.17) is 16.3 Å². The Hall–Kier alpha value is -3.51. The molecule has 1 saturated heterocycles. The zero-order chi connectivity index (χ0) is 23.0. The molecule has 1 fully saturated rings. The maximum atomic E-state index is 13.0. The predicted molar refractivity (Wildman–Crippen MR) is 130 cm³/mol. The summed E-state index contributed by atoms with van der Waals surface area (Å²) in [6.45, 7) is 2.63. The number of hydrogen-bond donors (Lipinski definition) is 1. The number of ether oxygens (including phenoxy) is 1. The Kier molecular flexibility index (Phi) is 7.47. The van der Waals surface area contributed by atoms with Crippen LogP contribution in [-0.4, -0.2) is 47.9 Å². The fourth-order valence-electron chi connectivity index (χ4n) is 3.67. The molecule has 0 saturated carbocycles. The highest BCUT2D eigenvalue weighted by molar-refractivity contribution is 6.30. The van der Waals surface area contributed by atoms with Crippen molar-refractivity contribution in [3.8, 4) is 5.75 Å². The number of anilines is 1. The lowest BCUT2D eigenvalue weighted by Crippen LogP contribution is -2.39. The van der Waals surface area contributed by atoms with E-state index in [1.807, 2.05) is 59.5 Å². The van der Waals surface area contributed by atoms with Gasteiger partial charge in [-0.05, 0) is 60.5 Å². The Morgan fingerprint density at radius 3 is 2.21 bits per heavy atom. The fraction of sp³-hybridized carbons (Fsp3) is 0.231. The molecule has 170 valence electrons. The highest BCUT2D eigenvalue weighted by Crippen LogP contribution is 2.16. The van der Waals surface area contributed by atoms with Crippen molar-refractivity contribution >= 4 is 29.2 Å². The fourth-order valence-corrected chi connectivity index (χ4v) is 3.79. The number of carbonyl (C=O) groups is 2. The van der Waals surface area contributed by atoms with Crippen molar-refractivity contribution in [2.75, 3.05) is 31.5 Å². The number of hydrogen-bond acceptors (Lipinski definition) is 3. The standard InChI is InChI=1S/C26H26ClN3O3/c27-22-11-13-23(14-12-22)28-26(32)30-16-4-15-29(17-18-30)25(31)21-9-7-20(8-10-21)19-33-24-5-2-1-3-6-24/h1-3,5-14H,4,15-19H2,(H,28,32). The Bertz CT molecular complexity index is 1070. The molecule has 0 atom stereocenters. The summed E-state index contributed by atoms with van der Waals surface area (Å²) in [5, 5.41) is 3.50. The number of carbonyl (C=O) groups excluding carboxylic acids is 2. The van der Waals surface area contributed by atoms with Crippen LogP contribution in [0.15, 0.2) is 78.9 Å². The van der Waals surface area contributed by atoms with Gasteiger partial charge < -0.3 is 19.9 Å². The third-order valence-corrected chi connectivity index (χ3v) is 5.77. The molecule has 0 radical (unpaired) electrons. The molecule has 0 unspecified atom stereocenters. The third kappa shape index (κ3) is 6.26. The minimum Gasteiger partial charge on any atom is -0.489 e. The van der Waals surface area contributed by atoms with Gasteiger partial charge in [-0.25, -0.2) is 4.79 Å². The van der Waals surface area contributed by atoms with Crippen molar-refractivity contribution in [2.45, 2.75) is 13.0 Å². The summed E-state index contributed by atoms with van der Waals surface area (Å²) in [5.74, 6) is 0.789. The lowest BCUT2D eigenvalue weighted by Gasteiger charge is -2.22. The molecule has 3 amide bonds. The minimum atomic E-state index is -0.172. The molecule has 1 aliphatic heterocycles. The number of halogens is 1. The second kappa shape index (κ2) is 10.9. The van der Waals surface area contributed by atoms with Crippen LogP contribution in [0.1, 0.15) is 22.3 Å². The van der Waals surface area contributed by atoms with E-state index in [0.29, 0.717) is 49.1 Å².